The molecule has 0 bridgehead atoms. The lowest BCUT2D eigenvalue weighted by molar-refractivity contribution is 0.138. The average molecular weight is 280 g/mol. The van der Waals surface area contributed by atoms with E-state index in [0.29, 0.717) is 6.04 Å². The first kappa shape index (κ1) is 15.0. The first-order chi connectivity index (χ1) is 9.15. The predicted molar refractivity (Wildman–Crippen MR) is 85.0 cm³/mol. The highest BCUT2D eigenvalue weighted by molar-refractivity contribution is 7.12. The molecule has 2 nitrogen and oxygen atoms in total. The number of nitrogens with one attached hydrogen (secondary N) is 1. The summed E-state index contributed by atoms with van der Waals surface area (Å²) in [5.41, 5.74) is 0. The van der Waals surface area contributed by atoms with Crippen molar-refractivity contribution in [3.05, 3.63) is 21.9 Å². The van der Waals surface area contributed by atoms with Gasteiger partial charge in [0.25, 0.3) is 0 Å². The zero-order chi connectivity index (χ0) is 13.8. The monoisotopic (exact) mass is 280 g/mol. The molecule has 108 valence electrons. The summed E-state index contributed by atoms with van der Waals surface area (Å²) >= 11 is 1.98. The summed E-state index contributed by atoms with van der Waals surface area (Å²) in [5, 5.41) is 3.42. The fourth-order valence-corrected chi connectivity index (χ4v) is 4.15. The minimum Gasteiger partial charge on any atom is -0.317 e. The van der Waals surface area contributed by atoms with E-state index in [2.05, 4.69) is 50.3 Å². The highest BCUT2D eigenvalue weighted by Gasteiger charge is 2.26. The zero-order valence-corrected chi connectivity index (χ0v) is 13.6. The summed E-state index contributed by atoms with van der Waals surface area (Å²) in [4.78, 5) is 5.63. The van der Waals surface area contributed by atoms with E-state index < -0.39 is 0 Å². The third kappa shape index (κ3) is 3.59. The summed E-state index contributed by atoms with van der Waals surface area (Å²) < 4.78 is 0. The van der Waals surface area contributed by atoms with Crippen molar-refractivity contribution in [1.29, 1.82) is 0 Å². The molecule has 1 fully saturated rings. The molecule has 1 aliphatic rings. The lowest BCUT2D eigenvalue weighted by atomic mass is 9.90. The van der Waals surface area contributed by atoms with Gasteiger partial charge in [-0.15, -0.1) is 11.3 Å². The van der Waals surface area contributed by atoms with Crippen LogP contribution in [0, 0.1) is 0 Å². The van der Waals surface area contributed by atoms with E-state index in [1.807, 2.05) is 11.3 Å². The van der Waals surface area contributed by atoms with Crippen LogP contribution in [0.25, 0.3) is 0 Å². The Morgan fingerprint density at radius 2 is 2.00 bits per heavy atom. The van der Waals surface area contributed by atoms with Gasteiger partial charge in [0.1, 0.15) is 0 Å². The van der Waals surface area contributed by atoms with Gasteiger partial charge in [0.2, 0.25) is 0 Å². The molecular weight excluding hydrogens is 252 g/mol. The fraction of sp³-hybridized carbons (Fsp3) is 0.750. The SMILES string of the molecule is CCc1ccc(C(C)N(C)C2CCC(NC)CC2)s1. The maximum Gasteiger partial charge on any atom is 0.0413 e. The molecule has 1 aliphatic carbocycles. The van der Waals surface area contributed by atoms with E-state index in [9.17, 15) is 0 Å². The second-order valence-corrected chi connectivity index (χ2v) is 6.99. The maximum absolute atomic E-state index is 3.42. The van der Waals surface area contributed by atoms with Crippen molar-refractivity contribution in [1.82, 2.24) is 10.2 Å². The number of aryl methyl sites for hydroxylation is 1. The van der Waals surface area contributed by atoms with Gasteiger partial charge in [-0.25, -0.2) is 0 Å². The van der Waals surface area contributed by atoms with Crippen LogP contribution < -0.4 is 5.32 Å². The number of nitrogens with zero attached hydrogens (tertiary/aromatic N) is 1. The highest BCUT2D eigenvalue weighted by atomic mass is 32.1. The maximum atomic E-state index is 3.42. The summed E-state index contributed by atoms with van der Waals surface area (Å²) in [6.07, 6.45) is 6.47. The molecular formula is C16H28N2S. The number of rotatable bonds is 5. The number of hydrogen-bond acceptors (Lipinski definition) is 3. The van der Waals surface area contributed by atoms with Crippen LogP contribution in [0.15, 0.2) is 12.1 Å². The third-order valence-corrected chi connectivity index (χ3v) is 6.13. The lowest BCUT2D eigenvalue weighted by Gasteiger charge is -2.37. The van der Waals surface area contributed by atoms with Crippen LogP contribution in [-0.2, 0) is 6.42 Å². The Balaban J connectivity index is 1.93. The van der Waals surface area contributed by atoms with Gasteiger partial charge >= 0.3 is 0 Å². The van der Waals surface area contributed by atoms with Crippen LogP contribution in [0.2, 0.25) is 0 Å². The van der Waals surface area contributed by atoms with E-state index in [1.54, 1.807) is 0 Å². The van der Waals surface area contributed by atoms with E-state index in [0.717, 1.165) is 18.5 Å². The van der Waals surface area contributed by atoms with Crippen LogP contribution >= 0.6 is 11.3 Å². The van der Waals surface area contributed by atoms with Crippen molar-refractivity contribution in [2.24, 2.45) is 0 Å². The van der Waals surface area contributed by atoms with Gasteiger partial charge in [-0.1, -0.05) is 6.92 Å². The van der Waals surface area contributed by atoms with Gasteiger partial charge in [0.15, 0.2) is 0 Å². The van der Waals surface area contributed by atoms with Gasteiger partial charge in [-0.05, 0) is 65.3 Å². The van der Waals surface area contributed by atoms with Crippen LogP contribution in [0.5, 0.6) is 0 Å². The normalized spacial score (nSPS) is 25.7. The molecule has 0 amide bonds. The van der Waals surface area contributed by atoms with Crippen molar-refractivity contribution in [2.75, 3.05) is 14.1 Å². The fourth-order valence-electron chi connectivity index (χ4n) is 3.10. The van der Waals surface area contributed by atoms with Gasteiger partial charge in [0, 0.05) is 27.9 Å². The Labute approximate surface area is 122 Å². The Kier molecular flexibility index (Phi) is 5.43. The molecule has 1 aromatic heterocycles. The minimum atomic E-state index is 0.557. The molecule has 19 heavy (non-hydrogen) atoms. The molecule has 1 aromatic rings. The topological polar surface area (TPSA) is 15.3 Å². The molecule has 1 heterocycles. The molecule has 1 unspecified atom stereocenters. The smallest absolute Gasteiger partial charge is 0.0413 e. The summed E-state index contributed by atoms with van der Waals surface area (Å²) in [5.74, 6) is 0. The largest absolute Gasteiger partial charge is 0.317 e. The molecule has 1 saturated carbocycles. The third-order valence-electron chi connectivity index (χ3n) is 4.73. The molecule has 0 saturated heterocycles. The van der Waals surface area contributed by atoms with Crippen LogP contribution in [0.3, 0.4) is 0 Å². The molecule has 3 heteroatoms. The minimum absolute atomic E-state index is 0.557. The standard InChI is InChI=1S/C16H28N2S/c1-5-15-10-11-16(19-15)12(2)18(4)14-8-6-13(17-3)7-9-14/h10-14,17H,5-9H2,1-4H3. The zero-order valence-electron chi connectivity index (χ0n) is 12.8. The molecule has 2 rings (SSSR count). The Morgan fingerprint density at radius 1 is 1.32 bits per heavy atom. The number of thiophene rings is 1. The van der Waals surface area contributed by atoms with Crippen LogP contribution in [-0.4, -0.2) is 31.1 Å². The van der Waals surface area contributed by atoms with Crippen LogP contribution in [0.4, 0.5) is 0 Å². The second kappa shape index (κ2) is 6.87. The van der Waals surface area contributed by atoms with Crippen molar-refractivity contribution in [2.45, 2.75) is 64.1 Å². The van der Waals surface area contributed by atoms with Gasteiger partial charge < -0.3 is 5.32 Å². The summed E-state index contributed by atoms with van der Waals surface area (Å²) in [6.45, 7) is 4.60. The molecule has 0 aliphatic heterocycles. The molecule has 0 radical (unpaired) electrons. The lowest BCUT2D eigenvalue weighted by Crippen LogP contribution is -2.40. The molecule has 0 aromatic carbocycles. The highest BCUT2D eigenvalue weighted by Crippen LogP contribution is 2.32. The second-order valence-electron chi connectivity index (χ2n) is 5.79. The molecule has 1 atom stereocenters. The van der Waals surface area contributed by atoms with Crippen LogP contribution in [0.1, 0.15) is 55.3 Å². The van der Waals surface area contributed by atoms with Crippen molar-refractivity contribution in [3.63, 3.8) is 0 Å². The van der Waals surface area contributed by atoms with E-state index >= 15 is 0 Å². The molecule has 1 N–H and O–H groups in total. The number of hydrogen-bond donors (Lipinski definition) is 1. The van der Waals surface area contributed by atoms with E-state index in [-0.39, 0.29) is 0 Å². The summed E-state index contributed by atoms with van der Waals surface area (Å²) in [7, 11) is 4.40. The van der Waals surface area contributed by atoms with Gasteiger partial charge in [0.05, 0.1) is 0 Å². The first-order valence-electron chi connectivity index (χ1n) is 7.63. The predicted octanol–water partition coefficient (Wildman–Crippen LogP) is 3.83. The van der Waals surface area contributed by atoms with E-state index in [1.165, 1.54) is 35.4 Å². The summed E-state index contributed by atoms with van der Waals surface area (Å²) in [6, 6.07) is 6.67. The first-order valence-corrected chi connectivity index (χ1v) is 8.45. The Hall–Kier alpha value is -0.380. The van der Waals surface area contributed by atoms with Crippen molar-refractivity contribution < 1.29 is 0 Å². The van der Waals surface area contributed by atoms with Gasteiger partial charge in [-0.3, -0.25) is 4.90 Å². The molecule has 0 spiro atoms. The van der Waals surface area contributed by atoms with E-state index in [4.69, 9.17) is 0 Å². The van der Waals surface area contributed by atoms with Crippen molar-refractivity contribution in [3.8, 4) is 0 Å². The van der Waals surface area contributed by atoms with Gasteiger partial charge in [-0.2, -0.15) is 0 Å². The Bertz CT molecular complexity index is 380. The quantitative estimate of drug-likeness (QED) is 0.881. The average Bonchev–Trinajstić information content (AvgIpc) is 2.94. The van der Waals surface area contributed by atoms with Crippen molar-refractivity contribution >= 4 is 11.3 Å². The Morgan fingerprint density at radius 3 is 2.53 bits per heavy atom.